The molecule has 1 unspecified atom stereocenters. The van der Waals surface area contributed by atoms with Crippen molar-refractivity contribution in [3.8, 4) is 5.75 Å². The molecule has 1 atom stereocenters. The molecule has 0 fully saturated rings. The topological polar surface area (TPSA) is 80.3 Å². The first-order chi connectivity index (χ1) is 12.9. The maximum Gasteiger partial charge on any atom is 0.278 e. The van der Waals surface area contributed by atoms with Gasteiger partial charge < -0.3 is 15.4 Å². The number of benzene rings is 2. The van der Waals surface area contributed by atoms with Crippen molar-refractivity contribution in [3.63, 3.8) is 0 Å². The van der Waals surface area contributed by atoms with Gasteiger partial charge in [-0.3, -0.25) is 14.6 Å². The average Bonchev–Trinajstić information content (AvgIpc) is 2.65. The molecule has 6 nitrogen and oxygen atoms in total. The second-order valence-electron chi connectivity index (χ2n) is 6.54. The van der Waals surface area contributed by atoms with Gasteiger partial charge in [0.1, 0.15) is 5.75 Å². The fourth-order valence-electron chi connectivity index (χ4n) is 2.97. The summed E-state index contributed by atoms with van der Waals surface area (Å²) < 4.78 is 6.67. The maximum atomic E-state index is 13.0. The molecule has 2 heterocycles. The summed E-state index contributed by atoms with van der Waals surface area (Å²) in [6.07, 6.45) is 1.65. The Balaban J connectivity index is 1.68. The van der Waals surface area contributed by atoms with Crippen molar-refractivity contribution < 1.29 is 14.3 Å². The molecule has 2 aromatic carbocycles. The van der Waals surface area contributed by atoms with E-state index >= 15 is 0 Å². The van der Waals surface area contributed by atoms with Gasteiger partial charge in [-0.1, -0.05) is 28.1 Å². The zero-order valence-corrected chi connectivity index (χ0v) is 16.3. The second kappa shape index (κ2) is 6.35. The molecule has 7 heteroatoms. The van der Waals surface area contributed by atoms with Crippen molar-refractivity contribution >= 4 is 50.0 Å². The van der Waals surface area contributed by atoms with Gasteiger partial charge in [0.15, 0.2) is 0 Å². The number of hydrogen-bond acceptors (Lipinski definition) is 4. The lowest BCUT2D eigenvalue weighted by molar-refractivity contribution is -0.143. The van der Waals surface area contributed by atoms with E-state index in [-0.39, 0.29) is 0 Å². The van der Waals surface area contributed by atoms with E-state index in [1.54, 1.807) is 24.4 Å². The Labute approximate surface area is 164 Å². The highest BCUT2D eigenvalue weighted by Crippen LogP contribution is 2.35. The second-order valence-corrected chi connectivity index (χ2v) is 7.39. The number of halogens is 1. The molecule has 0 spiro atoms. The summed E-state index contributed by atoms with van der Waals surface area (Å²) in [5.41, 5.74) is 0.970. The summed E-state index contributed by atoms with van der Waals surface area (Å²) in [4.78, 5) is 29.9. The molecule has 2 amide bonds. The molecule has 4 rings (SSSR count). The Morgan fingerprint density at radius 3 is 2.89 bits per heavy atom. The Hall–Kier alpha value is -2.93. The fourth-order valence-corrected chi connectivity index (χ4v) is 3.42. The monoisotopic (exact) mass is 425 g/mol. The van der Waals surface area contributed by atoms with Gasteiger partial charge in [0.25, 0.3) is 17.4 Å². The predicted octanol–water partition coefficient (Wildman–Crippen LogP) is 4.03. The number of amides is 2. The molecule has 0 saturated carbocycles. The van der Waals surface area contributed by atoms with Crippen LogP contribution in [0.5, 0.6) is 5.75 Å². The normalized spacial score (nSPS) is 18.4. The smallest absolute Gasteiger partial charge is 0.278 e. The first kappa shape index (κ1) is 17.5. The molecular formula is C20H16BrN3O3. The summed E-state index contributed by atoms with van der Waals surface area (Å²) in [5.74, 6) is -0.635. The van der Waals surface area contributed by atoms with Crippen LogP contribution in [-0.2, 0) is 9.59 Å². The lowest BCUT2D eigenvalue weighted by Gasteiger charge is -2.33. The molecule has 2 N–H and O–H groups in total. The summed E-state index contributed by atoms with van der Waals surface area (Å²) in [6, 6.07) is 12.7. The Kier molecular flexibility index (Phi) is 4.11. The van der Waals surface area contributed by atoms with E-state index in [0.29, 0.717) is 22.6 Å². The van der Waals surface area contributed by atoms with Gasteiger partial charge in [0.05, 0.1) is 16.9 Å². The Bertz CT molecular complexity index is 1100. The van der Waals surface area contributed by atoms with Gasteiger partial charge in [0.2, 0.25) is 0 Å². The summed E-state index contributed by atoms with van der Waals surface area (Å²) >= 11 is 3.48. The van der Waals surface area contributed by atoms with Crippen LogP contribution in [0, 0.1) is 6.92 Å². The first-order valence-electron chi connectivity index (χ1n) is 8.34. The van der Waals surface area contributed by atoms with Crippen molar-refractivity contribution in [2.45, 2.75) is 19.4 Å². The minimum atomic E-state index is -1.70. The highest BCUT2D eigenvalue weighted by Gasteiger charge is 2.47. The number of nitrogens with one attached hydrogen (secondary N) is 2. The van der Waals surface area contributed by atoms with Gasteiger partial charge in [-0.25, -0.2) is 0 Å². The number of fused-ring (bicyclic) bond motifs is 2. The lowest BCUT2D eigenvalue weighted by Crippen LogP contribution is -2.56. The van der Waals surface area contributed by atoms with Crippen LogP contribution in [0.2, 0.25) is 0 Å². The third-order valence-corrected chi connectivity index (χ3v) is 5.22. The van der Waals surface area contributed by atoms with Crippen LogP contribution in [0.1, 0.15) is 12.5 Å². The molecule has 27 heavy (non-hydrogen) atoms. The molecule has 1 aromatic heterocycles. The third kappa shape index (κ3) is 2.94. The van der Waals surface area contributed by atoms with Gasteiger partial charge in [-0.2, -0.15) is 0 Å². The lowest BCUT2D eigenvalue weighted by atomic mass is 10.0. The quantitative estimate of drug-likeness (QED) is 0.607. The molecule has 1 aliphatic heterocycles. The van der Waals surface area contributed by atoms with E-state index in [0.717, 1.165) is 15.4 Å². The fraction of sp³-hybridized carbons (Fsp3) is 0.150. The zero-order chi connectivity index (χ0) is 19.2. The summed E-state index contributed by atoms with van der Waals surface area (Å²) in [7, 11) is 0. The van der Waals surface area contributed by atoms with E-state index in [9.17, 15) is 9.59 Å². The summed E-state index contributed by atoms with van der Waals surface area (Å²) in [6.45, 7) is 3.37. The first-order valence-corrected chi connectivity index (χ1v) is 9.13. The SMILES string of the molecule is Cc1ccc2c(c1)NC(=O)C(C)(C(=O)Nc1ccc(Br)c3cccnc13)O2. The molecule has 0 aliphatic carbocycles. The highest BCUT2D eigenvalue weighted by atomic mass is 79.9. The minimum Gasteiger partial charge on any atom is -0.466 e. The maximum absolute atomic E-state index is 13.0. The molecule has 0 saturated heterocycles. The largest absolute Gasteiger partial charge is 0.466 e. The van der Waals surface area contributed by atoms with Crippen molar-refractivity contribution in [1.29, 1.82) is 0 Å². The molecular weight excluding hydrogens is 410 g/mol. The van der Waals surface area contributed by atoms with Crippen molar-refractivity contribution in [1.82, 2.24) is 4.98 Å². The Morgan fingerprint density at radius 2 is 2.07 bits per heavy atom. The van der Waals surface area contributed by atoms with Crippen LogP contribution in [0.3, 0.4) is 0 Å². The van der Waals surface area contributed by atoms with Crippen LogP contribution < -0.4 is 15.4 Å². The van der Waals surface area contributed by atoms with E-state index in [4.69, 9.17) is 4.74 Å². The van der Waals surface area contributed by atoms with Crippen LogP contribution in [0.25, 0.3) is 10.9 Å². The van der Waals surface area contributed by atoms with E-state index < -0.39 is 17.4 Å². The van der Waals surface area contributed by atoms with Crippen LogP contribution >= 0.6 is 15.9 Å². The van der Waals surface area contributed by atoms with Crippen LogP contribution in [0.15, 0.2) is 53.1 Å². The molecule has 1 aliphatic rings. The number of hydrogen-bond donors (Lipinski definition) is 2. The highest BCUT2D eigenvalue weighted by molar-refractivity contribution is 9.10. The van der Waals surface area contributed by atoms with Crippen LogP contribution in [-0.4, -0.2) is 22.4 Å². The molecule has 136 valence electrons. The number of ether oxygens (including phenoxy) is 1. The van der Waals surface area contributed by atoms with Crippen LogP contribution in [0.4, 0.5) is 11.4 Å². The van der Waals surface area contributed by atoms with E-state index in [1.165, 1.54) is 6.92 Å². The number of aryl methyl sites for hydroxylation is 1. The van der Waals surface area contributed by atoms with Gasteiger partial charge in [-0.05, 0) is 49.7 Å². The van der Waals surface area contributed by atoms with E-state index in [1.807, 2.05) is 31.2 Å². The number of carbonyl (C=O) groups is 2. The number of anilines is 2. The van der Waals surface area contributed by atoms with Gasteiger partial charge in [0, 0.05) is 16.1 Å². The van der Waals surface area contributed by atoms with Gasteiger partial charge in [-0.15, -0.1) is 0 Å². The van der Waals surface area contributed by atoms with Crippen molar-refractivity contribution in [2.75, 3.05) is 10.6 Å². The van der Waals surface area contributed by atoms with Crippen molar-refractivity contribution in [2.24, 2.45) is 0 Å². The number of nitrogens with zero attached hydrogens (tertiary/aromatic N) is 1. The Morgan fingerprint density at radius 1 is 1.26 bits per heavy atom. The minimum absolute atomic E-state index is 0.455. The molecule has 0 radical (unpaired) electrons. The summed E-state index contributed by atoms with van der Waals surface area (Å²) in [5, 5.41) is 6.40. The number of rotatable bonds is 2. The third-order valence-electron chi connectivity index (χ3n) is 4.53. The number of carbonyl (C=O) groups excluding carboxylic acids is 2. The van der Waals surface area contributed by atoms with Gasteiger partial charge >= 0.3 is 0 Å². The number of pyridine rings is 1. The predicted molar refractivity (Wildman–Crippen MR) is 107 cm³/mol. The van der Waals surface area contributed by atoms with E-state index in [2.05, 4.69) is 31.5 Å². The molecule has 3 aromatic rings. The average molecular weight is 426 g/mol. The van der Waals surface area contributed by atoms with Crippen molar-refractivity contribution in [3.05, 3.63) is 58.7 Å². The molecule has 0 bridgehead atoms. The zero-order valence-electron chi connectivity index (χ0n) is 14.7. The number of aromatic nitrogens is 1. The standard InChI is InChI=1S/C20H16BrN3O3/c1-11-5-8-16-15(10-11)24-19(26)20(2,27-16)18(25)23-14-7-6-13(21)12-4-3-9-22-17(12)14/h3-10H,1-2H3,(H,23,25)(H,24,26).